The summed E-state index contributed by atoms with van der Waals surface area (Å²) < 4.78 is 30.2. The van der Waals surface area contributed by atoms with Crippen molar-refractivity contribution in [2.75, 3.05) is 39.1 Å². The molecule has 3 aliphatic rings. The number of hydrogen-bond acceptors (Lipinski definition) is 4. The van der Waals surface area contributed by atoms with Gasteiger partial charge in [-0.2, -0.15) is 4.31 Å². The summed E-state index contributed by atoms with van der Waals surface area (Å²) in [4.78, 5) is 14.2. The van der Waals surface area contributed by atoms with Gasteiger partial charge in [-0.3, -0.25) is 4.79 Å². The molecular formula is C12H20N2O4S. The topological polar surface area (TPSA) is 66.9 Å². The van der Waals surface area contributed by atoms with Gasteiger partial charge in [-0.25, -0.2) is 8.42 Å². The number of hydrogen-bond donors (Lipinski definition) is 0. The molecule has 7 heteroatoms. The van der Waals surface area contributed by atoms with Gasteiger partial charge in [0.1, 0.15) is 0 Å². The van der Waals surface area contributed by atoms with Crippen molar-refractivity contribution < 1.29 is 17.9 Å². The zero-order valence-corrected chi connectivity index (χ0v) is 11.9. The van der Waals surface area contributed by atoms with Gasteiger partial charge in [0.15, 0.2) is 0 Å². The van der Waals surface area contributed by atoms with Gasteiger partial charge in [-0.1, -0.05) is 0 Å². The van der Waals surface area contributed by atoms with E-state index in [2.05, 4.69) is 0 Å². The van der Waals surface area contributed by atoms with Crippen LogP contribution in [-0.4, -0.2) is 68.7 Å². The minimum Gasteiger partial charge on any atom is -0.381 e. The molecule has 1 unspecified atom stereocenters. The van der Waals surface area contributed by atoms with Gasteiger partial charge in [0, 0.05) is 32.3 Å². The normalized spacial score (nSPS) is 35.8. The Morgan fingerprint density at radius 3 is 2.68 bits per heavy atom. The van der Waals surface area contributed by atoms with E-state index in [-0.39, 0.29) is 17.9 Å². The van der Waals surface area contributed by atoms with Crippen LogP contribution in [0.25, 0.3) is 0 Å². The Morgan fingerprint density at radius 2 is 2.05 bits per heavy atom. The molecule has 3 saturated heterocycles. The van der Waals surface area contributed by atoms with Crippen molar-refractivity contribution in [2.24, 2.45) is 11.8 Å². The molecule has 3 fully saturated rings. The van der Waals surface area contributed by atoms with Gasteiger partial charge >= 0.3 is 0 Å². The fraction of sp³-hybridized carbons (Fsp3) is 0.917. The van der Waals surface area contributed by atoms with Crippen molar-refractivity contribution in [1.82, 2.24) is 9.21 Å². The third kappa shape index (κ3) is 2.39. The Labute approximate surface area is 113 Å². The lowest BCUT2D eigenvalue weighted by Crippen LogP contribution is -2.41. The summed E-state index contributed by atoms with van der Waals surface area (Å²) in [5, 5.41) is 0. The summed E-state index contributed by atoms with van der Waals surface area (Å²) in [6.45, 7) is 3.02. The molecule has 0 saturated carbocycles. The molecule has 1 amide bonds. The molecule has 3 heterocycles. The van der Waals surface area contributed by atoms with Gasteiger partial charge in [-0.15, -0.1) is 0 Å². The average Bonchev–Trinajstić information content (AvgIpc) is 3.02. The fourth-order valence-corrected chi connectivity index (χ4v) is 4.67. The lowest BCUT2D eigenvalue weighted by molar-refractivity contribution is -0.134. The van der Waals surface area contributed by atoms with E-state index in [0.717, 1.165) is 12.8 Å². The van der Waals surface area contributed by atoms with Crippen molar-refractivity contribution in [1.29, 1.82) is 0 Å². The second-order valence-corrected chi connectivity index (χ2v) is 7.73. The molecule has 3 aliphatic heterocycles. The molecule has 19 heavy (non-hydrogen) atoms. The van der Waals surface area contributed by atoms with Crippen molar-refractivity contribution in [3.05, 3.63) is 0 Å². The van der Waals surface area contributed by atoms with Crippen LogP contribution in [0.3, 0.4) is 0 Å². The van der Waals surface area contributed by atoms with E-state index >= 15 is 0 Å². The van der Waals surface area contributed by atoms with Crippen LogP contribution < -0.4 is 0 Å². The molecule has 0 aliphatic carbocycles. The molecule has 108 valence electrons. The van der Waals surface area contributed by atoms with Crippen LogP contribution in [0, 0.1) is 11.8 Å². The second kappa shape index (κ2) is 4.71. The number of fused-ring (bicyclic) bond motifs is 1. The molecule has 0 radical (unpaired) electrons. The zero-order chi connectivity index (χ0) is 13.6. The van der Waals surface area contributed by atoms with Gasteiger partial charge in [0.2, 0.25) is 15.9 Å². The van der Waals surface area contributed by atoms with Gasteiger partial charge in [0.05, 0.1) is 18.8 Å². The van der Waals surface area contributed by atoms with E-state index in [1.54, 1.807) is 4.31 Å². The first-order valence-corrected chi connectivity index (χ1v) is 8.65. The maximum absolute atomic E-state index is 12.3. The van der Waals surface area contributed by atoms with Crippen LogP contribution in [0.15, 0.2) is 0 Å². The summed E-state index contributed by atoms with van der Waals surface area (Å²) in [5.41, 5.74) is 0. The third-order valence-electron chi connectivity index (χ3n) is 4.51. The van der Waals surface area contributed by atoms with Crippen LogP contribution >= 0.6 is 0 Å². The van der Waals surface area contributed by atoms with Gasteiger partial charge < -0.3 is 9.64 Å². The largest absolute Gasteiger partial charge is 0.381 e. The van der Waals surface area contributed by atoms with Crippen LogP contribution in [0.1, 0.15) is 12.8 Å². The zero-order valence-electron chi connectivity index (χ0n) is 11.1. The molecule has 0 spiro atoms. The summed E-state index contributed by atoms with van der Waals surface area (Å²) in [7, 11) is -3.15. The molecule has 0 N–H and O–H groups in total. The molecule has 3 rings (SSSR count). The van der Waals surface area contributed by atoms with Crippen molar-refractivity contribution in [3.63, 3.8) is 0 Å². The minimum absolute atomic E-state index is 0.0127. The smallest absolute Gasteiger partial charge is 0.228 e. The van der Waals surface area contributed by atoms with Crippen molar-refractivity contribution >= 4 is 15.9 Å². The molecule has 0 aromatic rings. The number of rotatable bonds is 2. The summed E-state index contributed by atoms with van der Waals surface area (Å²) in [6, 6.07) is -0.0127. The minimum atomic E-state index is -3.15. The average molecular weight is 288 g/mol. The van der Waals surface area contributed by atoms with E-state index in [1.165, 1.54) is 6.26 Å². The van der Waals surface area contributed by atoms with E-state index in [0.29, 0.717) is 38.8 Å². The lowest BCUT2D eigenvalue weighted by atomic mass is 10.1. The standard InChI is InChI=1S/C12H20N2O4S/c1-19(16,17)14-4-2-9-6-13(7-11(9)14)12(15)10-3-5-18-8-10/h9-11H,2-8H2,1H3/t9-,10?,11+/m1/s1. The van der Waals surface area contributed by atoms with Crippen molar-refractivity contribution in [2.45, 2.75) is 18.9 Å². The Bertz CT molecular complexity index is 472. The Morgan fingerprint density at radius 1 is 1.26 bits per heavy atom. The number of sulfonamides is 1. The van der Waals surface area contributed by atoms with E-state index in [4.69, 9.17) is 4.74 Å². The SMILES string of the molecule is CS(=O)(=O)N1CC[C@@H]2CN(C(=O)C3CCOC3)C[C@@H]21. The number of ether oxygens (including phenoxy) is 1. The second-order valence-electron chi connectivity index (χ2n) is 5.79. The molecule has 3 atom stereocenters. The van der Waals surface area contributed by atoms with Gasteiger partial charge in [-0.05, 0) is 18.8 Å². The Kier molecular flexibility index (Phi) is 3.31. The summed E-state index contributed by atoms with van der Waals surface area (Å²) in [5.74, 6) is 0.423. The third-order valence-corrected chi connectivity index (χ3v) is 5.82. The highest BCUT2D eigenvalue weighted by molar-refractivity contribution is 7.88. The van der Waals surface area contributed by atoms with Crippen molar-refractivity contribution in [3.8, 4) is 0 Å². The maximum atomic E-state index is 12.3. The fourth-order valence-electron chi connectivity index (χ4n) is 3.50. The quantitative estimate of drug-likeness (QED) is 0.688. The highest BCUT2D eigenvalue weighted by Crippen LogP contribution is 2.34. The molecule has 0 bridgehead atoms. The molecule has 0 aromatic heterocycles. The van der Waals surface area contributed by atoms with Crippen LogP contribution in [0.2, 0.25) is 0 Å². The van der Waals surface area contributed by atoms with E-state index < -0.39 is 10.0 Å². The highest BCUT2D eigenvalue weighted by Gasteiger charge is 2.47. The number of carbonyl (C=O) groups excluding carboxylic acids is 1. The molecular weight excluding hydrogens is 268 g/mol. The first kappa shape index (κ1) is 13.3. The predicted molar refractivity (Wildman–Crippen MR) is 69.0 cm³/mol. The molecule has 6 nitrogen and oxygen atoms in total. The first-order valence-electron chi connectivity index (χ1n) is 6.80. The lowest BCUT2D eigenvalue weighted by Gasteiger charge is -2.24. The van der Waals surface area contributed by atoms with E-state index in [1.807, 2.05) is 4.90 Å². The van der Waals surface area contributed by atoms with Crippen LogP contribution in [0.5, 0.6) is 0 Å². The monoisotopic (exact) mass is 288 g/mol. The van der Waals surface area contributed by atoms with E-state index in [9.17, 15) is 13.2 Å². The number of carbonyl (C=O) groups is 1. The van der Waals surface area contributed by atoms with Crippen LogP contribution in [0.4, 0.5) is 0 Å². The molecule has 0 aromatic carbocycles. The number of likely N-dealkylation sites (tertiary alicyclic amines) is 1. The Hall–Kier alpha value is -0.660. The number of amides is 1. The first-order chi connectivity index (χ1) is 8.97. The Balaban J connectivity index is 1.68. The summed E-state index contributed by atoms with van der Waals surface area (Å²) in [6.07, 6.45) is 2.91. The van der Waals surface area contributed by atoms with Gasteiger partial charge in [0.25, 0.3) is 0 Å². The highest BCUT2D eigenvalue weighted by atomic mass is 32.2. The van der Waals surface area contributed by atoms with Crippen LogP contribution in [-0.2, 0) is 19.6 Å². The summed E-state index contributed by atoms with van der Waals surface area (Å²) >= 11 is 0. The predicted octanol–water partition coefficient (Wildman–Crippen LogP) is -0.485. The number of nitrogens with zero attached hydrogens (tertiary/aromatic N) is 2. The maximum Gasteiger partial charge on any atom is 0.228 e.